The standard InChI is InChI=1S/C13H18N2O3S/c1-8-6-9(4-5-10(8)14)12(16)15-11(7-19-3)13(17)18-2/h4-6,11H,7,14H2,1-3H3,(H,15,16)/t11-/m1/s1. The highest BCUT2D eigenvalue weighted by molar-refractivity contribution is 7.98. The zero-order chi connectivity index (χ0) is 14.4. The van der Waals surface area contributed by atoms with Crippen LogP contribution in [-0.4, -0.2) is 37.0 Å². The highest BCUT2D eigenvalue weighted by Crippen LogP contribution is 2.13. The van der Waals surface area contributed by atoms with Gasteiger partial charge in [-0.05, 0) is 36.9 Å². The number of thioether (sulfide) groups is 1. The summed E-state index contributed by atoms with van der Waals surface area (Å²) >= 11 is 1.46. The number of nitrogens with two attached hydrogens (primary N) is 1. The van der Waals surface area contributed by atoms with E-state index >= 15 is 0 Å². The number of benzene rings is 1. The second kappa shape index (κ2) is 7.04. The Bertz CT molecular complexity index is 477. The lowest BCUT2D eigenvalue weighted by molar-refractivity contribution is -0.142. The monoisotopic (exact) mass is 282 g/mol. The first-order valence-electron chi connectivity index (χ1n) is 5.73. The molecule has 1 rings (SSSR count). The summed E-state index contributed by atoms with van der Waals surface area (Å²) in [6, 6.07) is 4.35. The molecule has 0 aliphatic heterocycles. The van der Waals surface area contributed by atoms with Crippen LogP contribution in [0.2, 0.25) is 0 Å². The number of nitrogen functional groups attached to an aromatic ring is 1. The van der Waals surface area contributed by atoms with E-state index in [1.165, 1.54) is 18.9 Å². The van der Waals surface area contributed by atoms with Crippen LogP contribution in [-0.2, 0) is 9.53 Å². The Kier molecular flexibility index (Phi) is 5.69. The van der Waals surface area contributed by atoms with Crippen LogP contribution in [0.1, 0.15) is 15.9 Å². The van der Waals surface area contributed by atoms with Crippen molar-refractivity contribution in [1.82, 2.24) is 5.32 Å². The third-order valence-corrected chi connectivity index (χ3v) is 3.32. The average Bonchev–Trinajstić information content (AvgIpc) is 2.40. The number of hydrogen-bond acceptors (Lipinski definition) is 5. The van der Waals surface area contributed by atoms with E-state index in [0.717, 1.165) is 5.56 Å². The quantitative estimate of drug-likeness (QED) is 0.626. The summed E-state index contributed by atoms with van der Waals surface area (Å²) in [7, 11) is 1.30. The number of aryl methyl sites for hydroxylation is 1. The molecule has 0 spiro atoms. The predicted molar refractivity (Wildman–Crippen MR) is 77.2 cm³/mol. The van der Waals surface area contributed by atoms with Crippen LogP contribution in [0.15, 0.2) is 18.2 Å². The van der Waals surface area contributed by atoms with Gasteiger partial charge in [-0.3, -0.25) is 4.79 Å². The lowest BCUT2D eigenvalue weighted by Gasteiger charge is -2.15. The molecule has 104 valence electrons. The van der Waals surface area contributed by atoms with Crippen molar-refractivity contribution >= 4 is 29.3 Å². The second-order valence-electron chi connectivity index (χ2n) is 4.08. The Morgan fingerprint density at radius 2 is 2.16 bits per heavy atom. The molecule has 0 unspecified atom stereocenters. The van der Waals surface area contributed by atoms with E-state index in [9.17, 15) is 9.59 Å². The Morgan fingerprint density at radius 1 is 1.47 bits per heavy atom. The lowest BCUT2D eigenvalue weighted by atomic mass is 10.1. The summed E-state index contributed by atoms with van der Waals surface area (Å²) in [5, 5.41) is 2.66. The number of hydrogen-bond donors (Lipinski definition) is 2. The third-order valence-electron chi connectivity index (χ3n) is 2.66. The molecule has 0 aliphatic carbocycles. The van der Waals surface area contributed by atoms with Crippen LogP contribution >= 0.6 is 11.8 Å². The SMILES string of the molecule is COC(=O)[C@@H](CSC)NC(=O)c1ccc(N)c(C)c1. The van der Waals surface area contributed by atoms with Gasteiger partial charge in [0.2, 0.25) is 0 Å². The summed E-state index contributed by atoms with van der Waals surface area (Å²) in [6.45, 7) is 1.83. The molecule has 0 fully saturated rings. The molecule has 0 saturated heterocycles. The van der Waals surface area contributed by atoms with Crippen LogP contribution in [0, 0.1) is 6.92 Å². The highest BCUT2D eigenvalue weighted by Gasteiger charge is 2.21. The molecule has 0 heterocycles. The molecule has 0 bridgehead atoms. The number of amides is 1. The molecule has 0 saturated carbocycles. The van der Waals surface area contributed by atoms with Gasteiger partial charge in [-0.1, -0.05) is 0 Å². The fraction of sp³-hybridized carbons (Fsp3) is 0.385. The molecule has 5 nitrogen and oxygen atoms in total. The van der Waals surface area contributed by atoms with E-state index in [4.69, 9.17) is 5.73 Å². The normalized spacial score (nSPS) is 11.7. The van der Waals surface area contributed by atoms with Crippen molar-refractivity contribution in [2.75, 3.05) is 24.9 Å². The maximum atomic E-state index is 12.0. The van der Waals surface area contributed by atoms with Crippen molar-refractivity contribution < 1.29 is 14.3 Å². The van der Waals surface area contributed by atoms with Crippen LogP contribution in [0.4, 0.5) is 5.69 Å². The summed E-state index contributed by atoms with van der Waals surface area (Å²) in [5.74, 6) is -0.297. The molecule has 19 heavy (non-hydrogen) atoms. The Labute approximate surface area is 116 Å². The van der Waals surface area contributed by atoms with E-state index in [1.807, 2.05) is 13.2 Å². The van der Waals surface area contributed by atoms with Gasteiger partial charge < -0.3 is 15.8 Å². The summed E-state index contributed by atoms with van der Waals surface area (Å²) in [6.07, 6.45) is 1.86. The first-order chi connectivity index (χ1) is 8.99. The minimum atomic E-state index is -0.648. The molecular formula is C13H18N2O3S. The van der Waals surface area contributed by atoms with E-state index in [-0.39, 0.29) is 5.91 Å². The van der Waals surface area contributed by atoms with Crippen molar-refractivity contribution in [3.63, 3.8) is 0 Å². The van der Waals surface area contributed by atoms with Gasteiger partial charge in [0.1, 0.15) is 6.04 Å². The van der Waals surface area contributed by atoms with Gasteiger partial charge in [0.15, 0.2) is 0 Å². The fourth-order valence-electron chi connectivity index (χ4n) is 1.54. The zero-order valence-corrected chi connectivity index (χ0v) is 12.0. The van der Waals surface area contributed by atoms with Gasteiger partial charge in [0, 0.05) is 17.0 Å². The van der Waals surface area contributed by atoms with Crippen LogP contribution < -0.4 is 11.1 Å². The molecule has 1 atom stereocenters. The molecule has 0 aliphatic rings. The van der Waals surface area contributed by atoms with Crippen LogP contribution in [0.5, 0.6) is 0 Å². The molecule has 0 aromatic heterocycles. The van der Waals surface area contributed by atoms with Gasteiger partial charge in [-0.2, -0.15) is 11.8 Å². The van der Waals surface area contributed by atoms with Crippen molar-refractivity contribution in [3.05, 3.63) is 29.3 Å². The topological polar surface area (TPSA) is 81.4 Å². The predicted octanol–water partition coefficient (Wildman–Crippen LogP) is 1.21. The van der Waals surface area contributed by atoms with Gasteiger partial charge in [0.25, 0.3) is 5.91 Å². The smallest absolute Gasteiger partial charge is 0.329 e. The third kappa shape index (κ3) is 4.17. The second-order valence-corrected chi connectivity index (χ2v) is 4.99. The summed E-state index contributed by atoms with van der Waals surface area (Å²) in [5.41, 5.74) is 7.63. The number of methoxy groups -OCH3 is 1. The van der Waals surface area contributed by atoms with Gasteiger partial charge in [-0.25, -0.2) is 4.79 Å². The van der Waals surface area contributed by atoms with Crippen molar-refractivity contribution in [2.45, 2.75) is 13.0 Å². The Hall–Kier alpha value is -1.69. The number of nitrogens with one attached hydrogen (secondary N) is 1. The van der Waals surface area contributed by atoms with Crippen molar-refractivity contribution in [2.24, 2.45) is 0 Å². The lowest BCUT2D eigenvalue weighted by Crippen LogP contribution is -2.43. The summed E-state index contributed by atoms with van der Waals surface area (Å²) in [4.78, 5) is 23.6. The minimum absolute atomic E-state index is 0.312. The number of carbonyl (C=O) groups excluding carboxylic acids is 2. The number of carbonyl (C=O) groups is 2. The van der Waals surface area contributed by atoms with Gasteiger partial charge in [-0.15, -0.1) is 0 Å². The van der Waals surface area contributed by atoms with Gasteiger partial charge >= 0.3 is 5.97 Å². The number of rotatable bonds is 5. The summed E-state index contributed by atoms with van der Waals surface area (Å²) < 4.78 is 4.66. The maximum absolute atomic E-state index is 12.0. The number of esters is 1. The van der Waals surface area contributed by atoms with E-state index < -0.39 is 12.0 Å². The highest BCUT2D eigenvalue weighted by atomic mass is 32.2. The van der Waals surface area contributed by atoms with E-state index in [2.05, 4.69) is 10.1 Å². The van der Waals surface area contributed by atoms with E-state index in [1.54, 1.807) is 18.2 Å². The molecular weight excluding hydrogens is 264 g/mol. The molecule has 1 aromatic rings. The molecule has 6 heteroatoms. The number of anilines is 1. The van der Waals surface area contributed by atoms with Gasteiger partial charge in [0.05, 0.1) is 7.11 Å². The van der Waals surface area contributed by atoms with E-state index in [0.29, 0.717) is 17.0 Å². The Balaban J connectivity index is 2.81. The molecule has 1 amide bonds. The first-order valence-corrected chi connectivity index (χ1v) is 7.12. The maximum Gasteiger partial charge on any atom is 0.329 e. The minimum Gasteiger partial charge on any atom is -0.467 e. The molecule has 1 aromatic carbocycles. The van der Waals surface area contributed by atoms with Crippen molar-refractivity contribution in [3.8, 4) is 0 Å². The largest absolute Gasteiger partial charge is 0.467 e. The Morgan fingerprint density at radius 3 is 2.68 bits per heavy atom. The average molecular weight is 282 g/mol. The first kappa shape index (κ1) is 15.4. The van der Waals surface area contributed by atoms with Crippen molar-refractivity contribution in [1.29, 1.82) is 0 Å². The fourth-order valence-corrected chi connectivity index (χ4v) is 2.09. The molecule has 0 radical (unpaired) electrons. The molecule has 3 N–H and O–H groups in total. The zero-order valence-electron chi connectivity index (χ0n) is 11.2. The van der Waals surface area contributed by atoms with Crippen LogP contribution in [0.25, 0.3) is 0 Å². The number of ether oxygens (including phenoxy) is 1. The van der Waals surface area contributed by atoms with Crippen LogP contribution in [0.3, 0.4) is 0 Å².